The molecule has 0 bridgehead atoms. The van der Waals surface area contributed by atoms with Crippen molar-refractivity contribution in [3.05, 3.63) is 34.8 Å². The molecule has 0 spiro atoms. The highest BCUT2D eigenvalue weighted by atomic mass is 35.5. The molecule has 6 heteroatoms. The molecule has 0 amide bonds. The van der Waals surface area contributed by atoms with Crippen molar-refractivity contribution >= 4 is 17.4 Å². The first-order valence-electron chi connectivity index (χ1n) is 7.24. The molecule has 2 aromatic heterocycles. The molecular formula is C15H22ClN5. The molecule has 2 aromatic rings. The van der Waals surface area contributed by atoms with E-state index in [0.29, 0.717) is 11.0 Å². The summed E-state index contributed by atoms with van der Waals surface area (Å²) in [5.74, 6) is 2.70. The summed E-state index contributed by atoms with van der Waals surface area (Å²) >= 11 is 6.22. The molecule has 0 aliphatic carbocycles. The van der Waals surface area contributed by atoms with Gasteiger partial charge in [-0.2, -0.15) is 0 Å². The highest BCUT2D eigenvalue weighted by Gasteiger charge is 2.13. The summed E-state index contributed by atoms with van der Waals surface area (Å²) in [5.41, 5.74) is 1.02. The van der Waals surface area contributed by atoms with Gasteiger partial charge in [0.2, 0.25) is 0 Å². The fourth-order valence-electron chi connectivity index (χ4n) is 2.39. The summed E-state index contributed by atoms with van der Waals surface area (Å²) < 4.78 is 2.16. The standard InChI is InChI=1S/C15H22ClN5/c1-5-13-14(16)18-11(2)19-15(13)20(4)8-6-9-21-10-7-17-12(21)3/h7,10H,5-6,8-9H2,1-4H3. The molecule has 0 N–H and O–H groups in total. The number of hydrogen-bond donors (Lipinski definition) is 0. The number of hydrogen-bond acceptors (Lipinski definition) is 4. The first kappa shape index (κ1) is 15.8. The molecular weight excluding hydrogens is 286 g/mol. The second kappa shape index (κ2) is 6.89. The molecule has 0 aliphatic heterocycles. The molecule has 0 atom stereocenters. The van der Waals surface area contributed by atoms with Crippen molar-refractivity contribution in [3.8, 4) is 0 Å². The lowest BCUT2D eigenvalue weighted by atomic mass is 10.2. The molecule has 21 heavy (non-hydrogen) atoms. The average Bonchev–Trinajstić information content (AvgIpc) is 2.83. The van der Waals surface area contributed by atoms with Gasteiger partial charge in [0.15, 0.2) is 0 Å². The predicted molar refractivity (Wildman–Crippen MR) is 86.0 cm³/mol. The van der Waals surface area contributed by atoms with Gasteiger partial charge in [0.05, 0.1) is 0 Å². The number of imidazole rings is 1. The molecule has 0 saturated carbocycles. The Morgan fingerprint density at radius 1 is 1.29 bits per heavy atom. The molecule has 2 rings (SSSR count). The van der Waals surface area contributed by atoms with Crippen molar-refractivity contribution in [2.45, 2.75) is 40.2 Å². The van der Waals surface area contributed by atoms with Crippen molar-refractivity contribution in [3.63, 3.8) is 0 Å². The zero-order chi connectivity index (χ0) is 15.4. The fourth-order valence-corrected chi connectivity index (χ4v) is 2.73. The Kier molecular flexibility index (Phi) is 5.17. The molecule has 0 fully saturated rings. The van der Waals surface area contributed by atoms with Crippen LogP contribution in [0, 0.1) is 13.8 Å². The number of nitrogens with zero attached hydrogens (tertiary/aromatic N) is 5. The second-order valence-corrected chi connectivity index (χ2v) is 5.52. The number of aryl methyl sites for hydroxylation is 3. The third-order valence-corrected chi connectivity index (χ3v) is 3.89. The summed E-state index contributed by atoms with van der Waals surface area (Å²) in [6, 6.07) is 0. The minimum atomic E-state index is 0.567. The van der Waals surface area contributed by atoms with E-state index in [0.717, 1.165) is 43.1 Å². The van der Waals surface area contributed by atoms with Gasteiger partial charge in [-0.3, -0.25) is 0 Å². The Balaban J connectivity index is 2.03. The maximum absolute atomic E-state index is 6.22. The van der Waals surface area contributed by atoms with E-state index in [-0.39, 0.29) is 0 Å². The van der Waals surface area contributed by atoms with Crippen LogP contribution in [0.15, 0.2) is 12.4 Å². The molecule has 5 nitrogen and oxygen atoms in total. The van der Waals surface area contributed by atoms with Crippen molar-refractivity contribution in [1.29, 1.82) is 0 Å². The third kappa shape index (κ3) is 3.73. The van der Waals surface area contributed by atoms with Gasteiger partial charge in [-0.05, 0) is 26.7 Å². The molecule has 2 heterocycles. The smallest absolute Gasteiger partial charge is 0.138 e. The summed E-state index contributed by atoms with van der Waals surface area (Å²) in [7, 11) is 2.05. The quantitative estimate of drug-likeness (QED) is 0.770. The first-order chi connectivity index (χ1) is 10.0. The van der Waals surface area contributed by atoms with Gasteiger partial charge in [0.1, 0.15) is 22.6 Å². The van der Waals surface area contributed by atoms with E-state index in [1.807, 2.05) is 26.2 Å². The van der Waals surface area contributed by atoms with Crippen molar-refractivity contribution in [2.24, 2.45) is 0 Å². The van der Waals surface area contributed by atoms with Gasteiger partial charge >= 0.3 is 0 Å². The highest BCUT2D eigenvalue weighted by molar-refractivity contribution is 6.30. The lowest BCUT2D eigenvalue weighted by molar-refractivity contribution is 0.620. The number of aromatic nitrogens is 4. The normalized spacial score (nSPS) is 10.9. The molecule has 0 aliphatic rings. The van der Waals surface area contributed by atoms with E-state index in [2.05, 4.69) is 38.4 Å². The average molecular weight is 308 g/mol. The molecule has 0 unspecified atom stereocenters. The monoisotopic (exact) mass is 307 g/mol. The number of halogens is 1. The minimum Gasteiger partial charge on any atom is -0.359 e. The molecule has 0 saturated heterocycles. The van der Waals surface area contributed by atoms with Crippen molar-refractivity contribution < 1.29 is 0 Å². The Morgan fingerprint density at radius 3 is 2.67 bits per heavy atom. The van der Waals surface area contributed by atoms with Crippen molar-refractivity contribution in [2.75, 3.05) is 18.5 Å². The molecule has 0 radical (unpaired) electrons. The van der Waals surface area contributed by atoms with Crippen LogP contribution in [-0.2, 0) is 13.0 Å². The van der Waals surface area contributed by atoms with Crippen LogP contribution in [0.5, 0.6) is 0 Å². The lowest BCUT2D eigenvalue weighted by Crippen LogP contribution is -2.23. The maximum atomic E-state index is 6.22. The topological polar surface area (TPSA) is 46.8 Å². The van der Waals surface area contributed by atoms with Gasteiger partial charge < -0.3 is 9.47 Å². The van der Waals surface area contributed by atoms with Gasteiger partial charge in [-0.15, -0.1) is 0 Å². The largest absolute Gasteiger partial charge is 0.359 e. The minimum absolute atomic E-state index is 0.567. The summed E-state index contributed by atoms with van der Waals surface area (Å²) in [5, 5.41) is 0.567. The van der Waals surface area contributed by atoms with Gasteiger partial charge in [-0.1, -0.05) is 18.5 Å². The van der Waals surface area contributed by atoms with E-state index in [1.54, 1.807) is 0 Å². The van der Waals surface area contributed by atoms with E-state index in [1.165, 1.54) is 0 Å². The first-order valence-corrected chi connectivity index (χ1v) is 7.62. The fraction of sp³-hybridized carbons (Fsp3) is 0.533. The van der Waals surface area contributed by atoms with Crippen LogP contribution < -0.4 is 4.90 Å². The zero-order valence-corrected chi connectivity index (χ0v) is 13.9. The van der Waals surface area contributed by atoms with E-state index in [9.17, 15) is 0 Å². The predicted octanol–water partition coefficient (Wildman–Crippen LogP) is 3.03. The molecule has 0 aromatic carbocycles. The van der Waals surface area contributed by atoms with Crippen LogP contribution in [0.3, 0.4) is 0 Å². The van der Waals surface area contributed by atoms with Gasteiger partial charge in [0.25, 0.3) is 0 Å². The Bertz CT molecular complexity index is 608. The van der Waals surface area contributed by atoms with Gasteiger partial charge in [-0.25, -0.2) is 15.0 Å². The van der Waals surface area contributed by atoms with Crippen LogP contribution in [0.25, 0.3) is 0 Å². The Hall–Kier alpha value is -1.62. The Labute approximate surface area is 131 Å². The second-order valence-electron chi connectivity index (χ2n) is 5.16. The van der Waals surface area contributed by atoms with Crippen LogP contribution >= 0.6 is 11.6 Å². The van der Waals surface area contributed by atoms with Crippen LogP contribution in [0.4, 0.5) is 5.82 Å². The van der Waals surface area contributed by atoms with E-state index < -0.39 is 0 Å². The van der Waals surface area contributed by atoms with Crippen LogP contribution in [0.2, 0.25) is 5.15 Å². The number of anilines is 1. The lowest BCUT2D eigenvalue weighted by Gasteiger charge is -2.22. The summed E-state index contributed by atoms with van der Waals surface area (Å²) in [6.07, 6.45) is 5.71. The Morgan fingerprint density at radius 2 is 2.05 bits per heavy atom. The summed E-state index contributed by atoms with van der Waals surface area (Å²) in [6.45, 7) is 7.84. The van der Waals surface area contributed by atoms with Crippen LogP contribution in [0.1, 0.15) is 30.6 Å². The SMILES string of the molecule is CCc1c(Cl)nc(C)nc1N(C)CCCn1ccnc1C. The zero-order valence-electron chi connectivity index (χ0n) is 13.1. The third-order valence-electron chi connectivity index (χ3n) is 3.58. The van der Waals surface area contributed by atoms with Crippen LogP contribution in [-0.4, -0.2) is 33.1 Å². The van der Waals surface area contributed by atoms with Crippen molar-refractivity contribution in [1.82, 2.24) is 19.5 Å². The maximum Gasteiger partial charge on any atom is 0.138 e. The molecule has 114 valence electrons. The van der Waals surface area contributed by atoms with Gasteiger partial charge in [0, 0.05) is 38.1 Å². The highest BCUT2D eigenvalue weighted by Crippen LogP contribution is 2.24. The number of rotatable bonds is 6. The van der Waals surface area contributed by atoms with E-state index >= 15 is 0 Å². The summed E-state index contributed by atoms with van der Waals surface area (Å²) in [4.78, 5) is 15.2. The van der Waals surface area contributed by atoms with E-state index in [4.69, 9.17) is 11.6 Å².